The topological polar surface area (TPSA) is 83.5 Å². The second-order valence-electron chi connectivity index (χ2n) is 4.98. The Balaban J connectivity index is 2.10. The summed E-state index contributed by atoms with van der Waals surface area (Å²) in [4.78, 5) is 11.1. The Hall–Kier alpha value is -1.11. The zero-order valence-corrected chi connectivity index (χ0v) is 12.3. The van der Waals surface area contributed by atoms with Crippen molar-refractivity contribution in [3.8, 4) is 0 Å². The zero-order valence-electron chi connectivity index (χ0n) is 10.8. The van der Waals surface area contributed by atoms with Crippen molar-refractivity contribution < 1.29 is 18.3 Å². The van der Waals surface area contributed by atoms with Gasteiger partial charge in [-0.25, -0.2) is 13.1 Å². The van der Waals surface area contributed by atoms with Crippen LogP contribution in [0.3, 0.4) is 0 Å². The lowest BCUT2D eigenvalue weighted by Gasteiger charge is -2.27. The van der Waals surface area contributed by atoms with E-state index >= 15 is 0 Å². The predicted octanol–water partition coefficient (Wildman–Crippen LogP) is 2.26. The van der Waals surface area contributed by atoms with Crippen LogP contribution in [0.1, 0.15) is 25.7 Å². The Bertz CT molecular complexity index is 602. The molecule has 5 nitrogen and oxygen atoms in total. The van der Waals surface area contributed by atoms with E-state index < -0.39 is 21.9 Å². The van der Waals surface area contributed by atoms with Crippen LogP contribution in [0.4, 0.5) is 0 Å². The highest BCUT2D eigenvalue weighted by molar-refractivity contribution is 7.89. The lowest BCUT2D eigenvalue weighted by atomic mass is 9.86. The van der Waals surface area contributed by atoms with E-state index in [1.54, 1.807) is 12.1 Å². The zero-order chi connectivity index (χ0) is 14.8. The van der Waals surface area contributed by atoms with Crippen LogP contribution in [0.25, 0.3) is 0 Å². The molecule has 0 bridgehead atoms. The van der Waals surface area contributed by atoms with Crippen LogP contribution in [-0.4, -0.2) is 25.5 Å². The number of carboxylic acid groups (broad SMARTS) is 1. The van der Waals surface area contributed by atoms with Gasteiger partial charge in [0.25, 0.3) is 0 Å². The minimum absolute atomic E-state index is 0.0995. The fourth-order valence-corrected chi connectivity index (χ4v) is 4.03. The van der Waals surface area contributed by atoms with E-state index in [0.29, 0.717) is 30.7 Å². The van der Waals surface area contributed by atoms with Crippen LogP contribution in [0.15, 0.2) is 29.2 Å². The maximum Gasteiger partial charge on any atom is 0.306 e. The van der Waals surface area contributed by atoms with Crippen LogP contribution >= 0.6 is 11.6 Å². The third kappa shape index (κ3) is 3.71. The average Bonchev–Trinajstić information content (AvgIpc) is 2.38. The number of hydrogen-bond acceptors (Lipinski definition) is 3. The van der Waals surface area contributed by atoms with Crippen LogP contribution in [0, 0.1) is 5.92 Å². The number of sulfonamides is 1. The van der Waals surface area contributed by atoms with E-state index in [9.17, 15) is 13.2 Å². The number of hydrogen-bond donors (Lipinski definition) is 2. The number of carboxylic acids is 1. The molecule has 1 saturated carbocycles. The molecule has 1 aromatic carbocycles. The maximum absolute atomic E-state index is 12.2. The number of carbonyl (C=O) groups is 1. The molecule has 0 spiro atoms. The van der Waals surface area contributed by atoms with Gasteiger partial charge in [-0.2, -0.15) is 0 Å². The molecule has 0 heterocycles. The summed E-state index contributed by atoms with van der Waals surface area (Å²) in [6, 6.07) is 5.67. The molecule has 1 aromatic rings. The molecule has 0 aromatic heterocycles. The van der Waals surface area contributed by atoms with Gasteiger partial charge in [0.15, 0.2) is 0 Å². The fraction of sp³-hybridized carbons (Fsp3) is 0.462. The third-order valence-electron chi connectivity index (χ3n) is 3.45. The van der Waals surface area contributed by atoms with Crippen molar-refractivity contribution in [2.75, 3.05) is 0 Å². The van der Waals surface area contributed by atoms with Gasteiger partial charge in [-0.3, -0.25) is 4.79 Å². The second kappa shape index (κ2) is 6.11. The minimum Gasteiger partial charge on any atom is -0.481 e. The molecule has 1 aliphatic rings. The van der Waals surface area contributed by atoms with Crippen molar-refractivity contribution in [3.63, 3.8) is 0 Å². The Morgan fingerprint density at radius 1 is 1.35 bits per heavy atom. The Morgan fingerprint density at radius 2 is 2.10 bits per heavy atom. The monoisotopic (exact) mass is 317 g/mol. The average molecular weight is 318 g/mol. The molecular weight excluding hydrogens is 302 g/mol. The predicted molar refractivity (Wildman–Crippen MR) is 75.2 cm³/mol. The molecule has 7 heteroatoms. The summed E-state index contributed by atoms with van der Waals surface area (Å²) in [6.07, 6.45) is 2.29. The highest BCUT2D eigenvalue weighted by Crippen LogP contribution is 2.26. The molecule has 0 saturated heterocycles. The van der Waals surface area contributed by atoms with Gasteiger partial charge in [0.2, 0.25) is 10.0 Å². The molecule has 0 amide bonds. The summed E-state index contributed by atoms with van der Waals surface area (Å²) >= 11 is 5.79. The minimum atomic E-state index is -3.66. The Labute approximate surface area is 123 Å². The quantitative estimate of drug-likeness (QED) is 0.892. The number of benzene rings is 1. The molecule has 2 rings (SSSR count). The first-order valence-electron chi connectivity index (χ1n) is 6.39. The van der Waals surface area contributed by atoms with Gasteiger partial charge >= 0.3 is 5.97 Å². The first-order chi connectivity index (χ1) is 9.38. The number of rotatable bonds is 4. The molecule has 2 atom stereocenters. The normalized spacial score (nSPS) is 23.4. The molecule has 1 fully saturated rings. The smallest absolute Gasteiger partial charge is 0.306 e. The molecule has 2 N–H and O–H groups in total. The molecule has 1 aliphatic carbocycles. The van der Waals surface area contributed by atoms with Gasteiger partial charge in [0.05, 0.1) is 10.8 Å². The highest BCUT2D eigenvalue weighted by atomic mass is 35.5. The van der Waals surface area contributed by atoms with E-state index in [4.69, 9.17) is 16.7 Å². The van der Waals surface area contributed by atoms with E-state index in [-0.39, 0.29) is 10.9 Å². The van der Waals surface area contributed by atoms with Gasteiger partial charge in [-0.15, -0.1) is 0 Å². The Morgan fingerprint density at radius 3 is 2.75 bits per heavy atom. The summed E-state index contributed by atoms with van der Waals surface area (Å²) in [5.41, 5.74) is 0. The summed E-state index contributed by atoms with van der Waals surface area (Å²) in [7, 11) is -3.66. The van der Waals surface area contributed by atoms with Crippen molar-refractivity contribution in [2.45, 2.75) is 36.6 Å². The van der Waals surface area contributed by atoms with Gasteiger partial charge in [-0.05, 0) is 37.5 Å². The fourth-order valence-electron chi connectivity index (χ4n) is 2.44. The Kier molecular flexibility index (Phi) is 4.67. The third-order valence-corrected chi connectivity index (χ3v) is 5.20. The van der Waals surface area contributed by atoms with E-state index in [0.717, 1.165) is 0 Å². The maximum atomic E-state index is 12.2. The highest BCUT2D eigenvalue weighted by Gasteiger charge is 2.29. The van der Waals surface area contributed by atoms with Crippen LogP contribution in [0.2, 0.25) is 5.02 Å². The van der Waals surface area contributed by atoms with Crippen LogP contribution in [0.5, 0.6) is 0 Å². The number of nitrogens with one attached hydrogen (secondary N) is 1. The van der Waals surface area contributed by atoms with Crippen LogP contribution < -0.4 is 4.72 Å². The van der Waals surface area contributed by atoms with Crippen molar-refractivity contribution >= 4 is 27.6 Å². The number of aliphatic carboxylic acids is 1. The SMILES string of the molecule is O=C(O)C1CCCC(NS(=O)(=O)c2cccc(Cl)c2)C1. The molecule has 20 heavy (non-hydrogen) atoms. The molecule has 0 aliphatic heterocycles. The van der Waals surface area contributed by atoms with Crippen molar-refractivity contribution in [1.82, 2.24) is 4.72 Å². The van der Waals surface area contributed by atoms with Gasteiger partial charge in [0, 0.05) is 11.1 Å². The largest absolute Gasteiger partial charge is 0.481 e. The first-order valence-corrected chi connectivity index (χ1v) is 8.25. The summed E-state index contributed by atoms with van der Waals surface area (Å²) in [5, 5.41) is 9.36. The summed E-state index contributed by atoms with van der Waals surface area (Å²) < 4.78 is 27.0. The van der Waals surface area contributed by atoms with Gasteiger partial charge in [-0.1, -0.05) is 24.1 Å². The molecule has 110 valence electrons. The standard InChI is InChI=1S/C13H16ClNO4S/c14-10-4-2-6-12(8-10)20(18,19)15-11-5-1-3-9(7-11)13(16)17/h2,4,6,8-9,11,15H,1,3,5,7H2,(H,16,17). The molecule has 2 unspecified atom stereocenters. The van der Waals surface area contributed by atoms with Gasteiger partial charge < -0.3 is 5.11 Å². The summed E-state index contributed by atoms with van der Waals surface area (Å²) in [5.74, 6) is -1.34. The van der Waals surface area contributed by atoms with E-state index in [2.05, 4.69) is 4.72 Å². The molecule has 0 radical (unpaired) electrons. The van der Waals surface area contributed by atoms with Gasteiger partial charge in [0.1, 0.15) is 0 Å². The van der Waals surface area contributed by atoms with Crippen molar-refractivity contribution in [3.05, 3.63) is 29.3 Å². The van der Waals surface area contributed by atoms with Crippen LogP contribution in [-0.2, 0) is 14.8 Å². The first kappa shape index (κ1) is 15.3. The van der Waals surface area contributed by atoms with E-state index in [1.165, 1.54) is 12.1 Å². The molecular formula is C13H16ClNO4S. The van der Waals surface area contributed by atoms with Crippen molar-refractivity contribution in [2.24, 2.45) is 5.92 Å². The summed E-state index contributed by atoms with van der Waals surface area (Å²) in [6.45, 7) is 0. The number of halogens is 1. The second-order valence-corrected chi connectivity index (χ2v) is 7.13. The van der Waals surface area contributed by atoms with Crippen molar-refractivity contribution in [1.29, 1.82) is 0 Å². The lowest BCUT2D eigenvalue weighted by molar-refractivity contribution is -0.143. The van der Waals surface area contributed by atoms with E-state index in [1.807, 2.05) is 0 Å². The lowest BCUT2D eigenvalue weighted by Crippen LogP contribution is -2.39.